The van der Waals surface area contributed by atoms with Crippen LogP contribution >= 0.6 is 0 Å². The highest BCUT2D eigenvalue weighted by Gasteiger charge is 2.43. The summed E-state index contributed by atoms with van der Waals surface area (Å²) in [5.74, 6) is -3.60. The van der Waals surface area contributed by atoms with Gasteiger partial charge in [0.25, 0.3) is 0 Å². The number of carboxylic acid groups (broad SMARTS) is 2. The van der Waals surface area contributed by atoms with Gasteiger partial charge in [0.15, 0.2) is 0 Å². The maximum Gasteiger partial charge on any atom is 0.323 e. The van der Waals surface area contributed by atoms with E-state index < -0.39 is 24.0 Å². The lowest BCUT2D eigenvalue weighted by Gasteiger charge is -2.36. The van der Waals surface area contributed by atoms with Gasteiger partial charge in [0, 0.05) is 53.3 Å². The van der Waals surface area contributed by atoms with Gasteiger partial charge < -0.3 is 40.4 Å². The molecule has 2 atom stereocenters. The number of hydrogen-bond acceptors (Lipinski definition) is 8. The van der Waals surface area contributed by atoms with Gasteiger partial charge in [-0.15, -0.1) is 0 Å². The lowest BCUT2D eigenvalue weighted by molar-refractivity contribution is -0.136. The molecule has 0 aliphatic heterocycles. The van der Waals surface area contributed by atoms with Crippen molar-refractivity contribution in [3.05, 3.63) is 53.3 Å². The standard InChI is InChI=1S/C24H28N2O8/c1-3-25(11-19(29)30)13-5-7-15(17(27)9-13)21-23(33)22(24(21)34)16-8-6-14(10-18(16)28)26(4-2)12-20(31)32/h5-10,21,23,27-28,33-34H,3-4,11-12H2,1-2H3,(H,29,30)(H,31,32). The molecule has 2 aromatic rings. The molecule has 1 aliphatic rings. The molecular weight excluding hydrogens is 444 g/mol. The van der Waals surface area contributed by atoms with Crippen molar-refractivity contribution in [1.82, 2.24) is 0 Å². The van der Waals surface area contributed by atoms with Gasteiger partial charge in [0.2, 0.25) is 0 Å². The minimum absolute atomic E-state index is 0.111. The quantitative estimate of drug-likeness (QED) is 0.303. The molecule has 0 heterocycles. The second-order valence-electron chi connectivity index (χ2n) is 7.98. The number of anilines is 2. The van der Waals surface area contributed by atoms with Crippen LogP contribution in [-0.2, 0) is 9.59 Å². The number of benzene rings is 2. The summed E-state index contributed by atoms with van der Waals surface area (Å²) in [7, 11) is 0. The molecule has 3 rings (SSSR count). The molecule has 0 aromatic heterocycles. The number of nitrogens with zero attached hydrogens (tertiary/aromatic N) is 2. The smallest absolute Gasteiger partial charge is 0.323 e. The molecule has 1 aliphatic carbocycles. The summed E-state index contributed by atoms with van der Waals surface area (Å²) in [4.78, 5) is 25.2. The SMILES string of the molecule is CCN(CC(=O)O)c1ccc(C2=C(O)C(c3ccc(N(CC)CC(=O)O)cc3O)C2O)c(O)c1. The molecule has 0 saturated heterocycles. The summed E-state index contributed by atoms with van der Waals surface area (Å²) in [5.41, 5.74) is 1.54. The second kappa shape index (κ2) is 9.92. The third kappa shape index (κ3) is 4.72. The Kier molecular flexibility index (Phi) is 7.21. The average Bonchev–Trinajstić information content (AvgIpc) is 2.78. The van der Waals surface area contributed by atoms with E-state index in [1.165, 1.54) is 24.3 Å². The molecule has 182 valence electrons. The third-order valence-electron chi connectivity index (χ3n) is 5.95. The van der Waals surface area contributed by atoms with Crippen molar-refractivity contribution < 1.29 is 40.2 Å². The molecule has 0 spiro atoms. The number of likely N-dealkylation sites (N-methyl/N-ethyl adjacent to an activating group) is 2. The fourth-order valence-corrected chi connectivity index (χ4v) is 4.19. The van der Waals surface area contributed by atoms with Crippen LogP contribution in [0.1, 0.15) is 30.9 Å². The number of aliphatic hydroxyl groups is 2. The molecule has 2 aromatic carbocycles. The Morgan fingerprint density at radius 1 is 0.824 bits per heavy atom. The Labute approximate surface area is 196 Å². The number of hydrogen-bond donors (Lipinski definition) is 6. The van der Waals surface area contributed by atoms with Crippen molar-refractivity contribution in [1.29, 1.82) is 0 Å². The highest BCUT2D eigenvalue weighted by atomic mass is 16.4. The highest BCUT2D eigenvalue weighted by molar-refractivity contribution is 5.84. The van der Waals surface area contributed by atoms with Gasteiger partial charge in [-0.05, 0) is 32.0 Å². The predicted octanol–water partition coefficient (Wildman–Crippen LogP) is 2.35. The number of carboxylic acids is 2. The van der Waals surface area contributed by atoms with Crippen LogP contribution < -0.4 is 9.80 Å². The summed E-state index contributed by atoms with van der Waals surface area (Å²) in [6.45, 7) is 3.88. The lowest BCUT2D eigenvalue weighted by atomic mass is 9.73. The molecule has 0 fully saturated rings. The van der Waals surface area contributed by atoms with E-state index in [1.807, 2.05) is 0 Å². The van der Waals surface area contributed by atoms with E-state index in [9.17, 15) is 30.0 Å². The van der Waals surface area contributed by atoms with Crippen LogP contribution in [0.15, 0.2) is 42.2 Å². The maximum atomic E-state index is 11.0. The van der Waals surface area contributed by atoms with E-state index in [0.29, 0.717) is 24.5 Å². The number of rotatable bonds is 10. The molecular formula is C24H28N2O8. The Balaban J connectivity index is 1.89. The number of aliphatic hydroxyl groups excluding tert-OH is 2. The number of aliphatic carboxylic acids is 2. The molecule has 0 radical (unpaired) electrons. The monoisotopic (exact) mass is 472 g/mol. The molecule has 10 nitrogen and oxygen atoms in total. The van der Waals surface area contributed by atoms with Crippen LogP contribution in [0, 0.1) is 0 Å². The zero-order chi connectivity index (χ0) is 25.2. The summed E-state index contributed by atoms with van der Waals surface area (Å²) in [6.07, 6.45) is -1.21. The third-order valence-corrected chi connectivity index (χ3v) is 5.95. The topological polar surface area (TPSA) is 162 Å². The van der Waals surface area contributed by atoms with Crippen LogP contribution in [-0.4, -0.2) is 74.9 Å². The molecule has 10 heteroatoms. The number of phenols is 2. The van der Waals surface area contributed by atoms with Gasteiger partial charge in [-0.2, -0.15) is 0 Å². The van der Waals surface area contributed by atoms with Crippen LogP contribution in [0.4, 0.5) is 11.4 Å². The van der Waals surface area contributed by atoms with Gasteiger partial charge in [-0.25, -0.2) is 0 Å². The van der Waals surface area contributed by atoms with Crippen LogP contribution in [0.3, 0.4) is 0 Å². The van der Waals surface area contributed by atoms with Crippen molar-refractivity contribution in [3.63, 3.8) is 0 Å². The Bertz CT molecular complexity index is 1130. The van der Waals surface area contributed by atoms with Crippen LogP contribution in [0.2, 0.25) is 0 Å². The first-order valence-electron chi connectivity index (χ1n) is 10.8. The fraction of sp³-hybridized carbons (Fsp3) is 0.333. The van der Waals surface area contributed by atoms with E-state index in [4.69, 9.17) is 10.2 Å². The Hall–Kier alpha value is -3.92. The first kappa shape index (κ1) is 24.7. The predicted molar refractivity (Wildman–Crippen MR) is 126 cm³/mol. The van der Waals surface area contributed by atoms with E-state index in [2.05, 4.69) is 0 Å². The van der Waals surface area contributed by atoms with Gasteiger partial charge in [-0.1, -0.05) is 6.07 Å². The van der Waals surface area contributed by atoms with Crippen molar-refractivity contribution >= 4 is 28.9 Å². The second-order valence-corrected chi connectivity index (χ2v) is 7.98. The number of phenolic OH excluding ortho intramolecular Hbond substituents is 2. The number of carbonyl (C=O) groups is 2. The summed E-state index contributed by atoms with van der Waals surface area (Å²) < 4.78 is 0. The Morgan fingerprint density at radius 2 is 1.32 bits per heavy atom. The minimum atomic E-state index is -1.21. The van der Waals surface area contributed by atoms with E-state index in [-0.39, 0.29) is 47.0 Å². The highest BCUT2D eigenvalue weighted by Crippen LogP contribution is 2.50. The summed E-state index contributed by atoms with van der Waals surface area (Å²) in [5, 5.41) is 60.6. The van der Waals surface area contributed by atoms with Gasteiger partial charge in [0.1, 0.15) is 30.3 Å². The van der Waals surface area contributed by atoms with Gasteiger partial charge in [-0.3, -0.25) is 9.59 Å². The van der Waals surface area contributed by atoms with Crippen molar-refractivity contribution in [2.75, 3.05) is 36.0 Å². The summed E-state index contributed by atoms with van der Waals surface area (Å²) in [6, 6.07) is 8.96. The summed E-state index contributed by atoms with van der Waals surface area (Å²) >= 11 is 0. The van der Waals surface area contributed by atoms with E-state index in [1.54, 1.807) is 35.8 Å². The molecule has 0 amide bonds. The first-order chi connectivity index (χ1) is 16.1. The van der Waals surface area contributed by atoms with Crippen molar-refractivity contribution in [2.45, 2.75) is 25.9 Å². The van der Waals surface area contributed by atoms with E-state index >= 15 is 0 Å². The normalized spacial score (nSPS) is 17.3. The van der Waals surface area contributed by atoms with Crippen LogP contribution in [0.5, 0.6) is 11.5 Å². The number of aromatic hydroxyl groups is 2. The molecule has 2 unspecified atom stereocenters. The maximum absolute atomic E-state index is 11.0. The molecule has 0 bridgehead atoms. The van der Waals surface area contributed by atoms with Gasteiger partial charge >= 0.3 is 11.9 Å². The molecule has 6 N–H and O–H groups in total. The Morgan fingerprint density at radius 3 is 1.74 bits per heavy atom. The zero-order valence-electron chi connectivity index (χ0n) is 18.8. The van der Waals surface area contributed by atoms with Crippen LogP contribution in [0.25, 0.3) is 5.57 Å². The lowest BCUT2D eigenvalue weighted by Crippen LogP contribution is -2.33. The van der Waals surface area contributed by atoms with Gasteiger partial charge in [0.05, 0.1) is 12.0 Å². The van der Waals surface area contributed by atoms with Crippen molar-refractivity contribution in [2.24, 2.45) is 0 Å². The zero-order valence-corrected chi connectivity index (χ0v) is 18.8. The fourth-order valence-electron chi connectivity index (χ4n) is 4.19. The average molecular weight is 472 g/mol. The minimum Gasteiger partial charge on any atom is -0.511 e. The van der Waals surface area contributed by atoms with Crippen molar-refractivity contribution in [3.8, 4) is 11.5 Å². The molecule has 34 heavy (non-hydrogen) atoms. The van der Waals surface area contributed by atoms with E-state index in [0.717, 1.165) is 0 Å². The largest absolute Gasteiger partial charge is 0.511 e. The first-order valence-corrected chi connectivity index (χ1v) is 10.8. The molecule has 0 saturated carbocycles.